The highest BCUT2D eigenvalue weighted by Gasteiger charge is 2.34. The molecule has 1 atom stereocenters. The van der Waals surface area contributed by atoms with Gasteiger partial charge in [-0.05, 0) is 31.2 Å². The number of nitrogens with one attached hydrogen (secondary N) is 1. The summed E-state index contributed by atoms with van der Waals surface area (Å²) in [5.41, 5.74) is 3.41. The zero-order valence-corrected chi connectivity index (χ0v) is 16.2. The van der Waals surface area contributed by atoms with E-state index in [4.69, 9.17) is 9.47 Å². The third-order valence-corrected chi connectivity index (χ3v) is 4.26. The van der Waals surface area contributed by atoms with Crippen LogP contribution in [0, 0.1) is 0 Å². The lowest BCUT2D eigenvalue weighted by molar-refractivity contribution is -0.148. The van der Waals surface area contributed by atoms with Crippen LogP contribution < -0.4 is 19.9 Å². The molecule has 2 aromatic carbocycles. The number of benzene rings is 2. The molecule has 0 aromatic heterocycles. The van der Waals surface area contributed by atoms with Gasteiger partial charge in [-0.25, -0.2) is 9.80 Å². The Balaban J connectivity index is 1.98. The zero-order valence-electron chi connectivity index (χ0n) is 16.2. The molecule has 0 saturated carbocycles. The van der Waals surface area contributed by atoms with Gasteiger partial charge in [0.2, 0.25) is 0 Å². The van der Waals surface area contributed by atoms with Crippen molar-refractivity contribution in [3.05, 3.63) is 59.7 Å². The molecule has 8 nitrogen and oxygen atoms in total. The summed E-state index contributed by atoms with van der Waals surface area (Å²) in [6, 6.07) is 13.7. The molecule has 0 aliphatic carbocycles. The zero-order chi connectivity index (χ0) is 21.0. The first-order valence-corrected chi connectivity index (χ1v) is 8.80. The molecule has 2 aromatic rings. The molecule has 1 saturated heterocycles. The first-order chi connectivity index (χ1) is 14.0. The number of carbonyl (C=O) groups excluding carboxylic acids is 3. The van der Waals surface area contributed by atoms with E-state index in [0.717, 1.165) is 0 Å². The second kappa shape index (κ2) is 8.47. The van der Waals surface area contributed by atoms with Crippen molar-refractivity contribution in [3.8, 4) is 11.5 Å². The number of hydrogen-bond donors (Lipinski definition) is 1. The number of anilines is 1. The molecule has 150 valence electrons. The van der Waals surface area contributed by atoms with Crippen molar-refractivity contribution < 1.29 is 28.6 Å². The number of ether oxygens (including phenoxy) is 3. The summed E-state index contributed by atoms with van der Waals surface area (Å²) < 4.78 is 15.7. The van der Waals surface area contributed by atoms with Crippen LogP contribution in [0.5, 0.6) is 11.5 Å². The lowest BCUT2D eigenvalue weighted by Crippen LogP contribution is -2.35. The minimum atomic E-state index is -0.914. The Bertz CT molecular complexity index is 970. The molecule has 1 heterocycles. The average molecular weight is 396 g/mol. The number of esters is 1. The van der Waals surface area contributed by atoms with Crippen molar-refractivity contribution in [1.29, 1.82) is 0 Å². The third-order valence-electron chi connectivity index (χ3n) is 4.26. The Morgan fingerprint density at radius 3 is 2.45 bits per heavy atom. The number of methoxy groups -OCH3 is 2. The molecule has 1 N–H and O–H groups in total. The van der Waals surface area contributed by atoms with Crippen LogP contribution in [-0.4, -0.2) is 38.1 Å². The van der Waals surface area contributed by atoms with Gasteiger partial charge in [0.25, 0.3) is 11.8 Å². The largest absolute Gasteiger partial charge is 0.493 e. The number of hydrazine groups is 1. The van der Waals surface area contributed by atoms with Crippen LogP contribution in [0.15, 0.2) is 54.1 Å². The number of para-hydroxylation sites is 2. The van der Waals surface area contributed by atoms with Crippen molar-refractivity contribution >= 4 is 29.5 Å². The molecule has 0 bridgehead atoms. The van der Waals surface area contributed by atoms with Gasteiger partial charge < -0.3 is 14.2 Å². The Kier molecular flexibility index (Phi) is 5.82. The summed E-state index contributed by atoms with van der Waals surface area (Å²) in [5, 5.41) is 1.17. The summed E-state index contributed by atoms with van der Waals surface area (Å²) in [7, 11) is 2.71. The predicted molar refractivity (Wildman–Crippen MR) is 105 cm³/mol. The summed E-state index contributed by atoms with van der Waals surface area (Å²) >= 11 is 0. The topological polar surface area (TPSA) is 94.2 Å². The van der Waals surface area contributed by atoms with Crippen molar-refractivity contribution in [3.63, 3.8) is 0 Å². The molecular formula is C21H20N2O6. The van der Waals surface area contributed by atoms with Crippen molar-refractivity contribution in [2.45, 2.75) is 13.0 Å². The maximum absolute atomic E-state index is 12.8. The number of amides is 2. The minimum absolute atomic E-state index is 0.0716. The molecule has 1 aliphatic rings. The summed E-state index contributed by atoms with van der Waals surface area (Å²) in [6.45, 7) is 1.53. The van der Waals surface area contributed by atoms with Gasteiger partial charge in [0.05, 0.1) is 19.9 Å². The molecule has 0 spiro atoms. The molecule has 0 unspecified atom stereocenters. The van der Waals surface area contributed by atoms with Gasteiger partial charge in [-0.15, -0.1) is 0 Å². The van der Waals surface area contributed by atoms with Crippen LogP contribution in [-0.2, 0) is 19.1 Å². The monoisotopic (exact) mass is 396 g/mol. The summed E-state index contributed by atoms with van der Waals surface area (Å²) in [5.74, 6) is -1.05. The van der Waals surface area contributed by atoms with E-state index in [0.29, 0.717) is 17.0 Å². The van der Waals surface area contributed by atoms with E-state index in [1.165, 1.54) is 32.2 Å². The minimum Gasteiger partial charge on any atom is -0.493 e. The fourth-order valence-corrected chi connectivity index (χ4v) is 2.80. The predicted octanol–water partition coefficient (Wildman–Crippen LogP) is 2.10. The molecule has 2 amide bonds. The average Bonchev–Trinajstić information content (AvgIpc) is 3.03. The number of rotatable bonds is 6. The normalized spacial score (nSPS) is 15.8. The SMILES string of the molecule is COC(=O)[C@@H](C)Oc1c(/C=C2\C(=O)NN(c3ccccc3)C2=O)cccc1OC. The first kappa shape index (κ1) is 19.9. The second-order valence-corrected chi connectivity index (χ2v) is 6.14. The van der Waals surface area contributed by atoms with Gasteiger partial charge in [0.1, 0.15) is 5.57 Å². The number of nitrogens with zero attached hydrogens (tertiary/aromatic N) is 1. The maximum Gasteiger partial charge on any atom is 0.346 e. The molecule has 29 heavy (non-hydrogen) atoms. The second-order valence-electron chi connectivity index (χ2n) is 6.14. The lowest BCUT2D eigenvalue weighted by atomic mass is 10.1. The van der Waals surface area contributed by atoms with Crippen molar-refractivity contribution in [2.24, 2.45) is 0 Å². The number of carbonyl (C=O) groups is 3. The fourth-order valence-electron chi connectivity index (χ4n) is 2.80. The van der Waals surface area contributed by atoms with Gasteiger partial charge in [0, 0.05) is 5.56 Å². The highest BCUT2D eigenvalue weighted by atomic mass is 16.6. The third kappa shape index (κ3) is 4.06. The Morgan fingerprint density at radius 2 is 1.79 bits per heavy atom. The Morgan fingerprint density at radius 1 is 1.07 bits per heavy atom. The van der Waals surface area contributed by atoms with Gasteiger partial charge in [-0.1, -0.05) is 30.3 Å². The van der Waals surface area contributed by atoms with E-state index in [-0.39, 0.29) is 11.3 Å². The quantitative estimate of drug-likeness (QED) is 0.457. The standard InChI is InChI=1S/C21H20N2O6/c1-13(21(26)28-3)29-18-14(8-7-11-17(18)27-2)12-16-19(24)22-23(20(16)25)15-9-5-4-6-10-15/h4-13H,1-3H3,(H,22,24)/b16-12+/t13-/m1/s1. The molecule has 1 aliphatic heterocycles. The molecule has 8 heteroatoms. The highest BCUT2D eigenvalue weighted by Crippen LogP contribution is 2.34. The fraction of sp³-hybridized carbons (Fsp3) is 0.190. The maximum atomic E-state index is 12.8. The van der Waals surface area contributed by atoms with E-state index in [2.05, 4.69) is 10.2 Å². The Hall–Kier alpha value is -3.81. The smallest absolute Gasteiger partial charge is 0.346 e. The molecular weight excluding hydrogens is 376 g/mol. The van der Waals surface area contributed by atoms with Gasteiger partial charge in [-0.2, -0.15) is 0 Å². The molecule has 1 fully saturated rings. The molecule has 0 radical (unpaired) electrons. The van der Waals surface area contributed by atoms with Gasteiger partial charge in [-0.3, -0.25) is 15.0 Å². The Labute approximate surface area is 167 Å². The van der Waals surface area contributed by atoms with Crippen molar-refractivity contribution in [1.82, 2.24) is 5.43 Å². The molecule has 3 rings (SSSR count). The summed E-state index contributed by atoms with van der Waals surface area (Å²) in [6.07, 6.45) is 0.491. The van der Waals surface area contributed by atoms with Crippen LogP contribution in [0.1, 0.15) is 12.5 Å². The van der Waals surface area contributed by atoms with Crippen LogP contribution in [0.25, 0.3) is 6.08 Å². The van der Waals surface area contributed by atoms with Crippen LogP contribution in [0.3, 0.4) is 0 Å². The van der Waals surface area contributed by atoms with Crippen LogP contribution >= 0.6 is 0 Å². The highest BCUT2D eigenvalue weighted by molar-refractivity contribution is 6.31. The van der Waals surface area contributed by atoms with E-state index >= 15 is 0 Å². The van der Waals surface area contributed by atoms with Gasteiger partial charge >= 0.3 is 5.97 Å². The number of hydrogen-bond acceptors (Lipinski definition) is 6. The lowest BCUT2D eigenvalue weighted by Gasteiger charge is -2.17. The van der Waals surface area contributed by atoms with Gasteiger partial charge in [0.15, 0.2) is 17.6 Å². The van der Waals surface area contributed by atoms with E-state index < -0.39 is 23.9 Å². The van der Waals surface area contributed by atoms with Crippen molar-refractivity contribution in [2.75, 3.05) is 19.2 Å². The summed E-state index contributed by atoms with van der Waals surface area (Å²) in [4.78, 5) is 37.0. The van der Waals surface area contributed by atoms with E-state index in [1.54, 1.807) is 42.5 Å². The van der Waals surface area contributed by atoms with E-state index in [1.807, 2.05) is 6.07 Å². The van der Waals surface area contributed by atoms with Crippen LogP contribution in [0.4, 0.5) is 5.69 Å². The van der Waals surface area contributed by atoms with E-state index in [9.17, 15) is 14.4 Å². The van der Waals surface area contributed by atoms with Crippen LogP contribution in [0.2, 0.25) is 0 Å². The first-order valence-electron chi connectivity index (χ1n) is 8.80.